The molecule has 20 heavy (non-hydrogen) atoms. The summed E-state index contributed by atoms with van der Waals surface area (Å²) in [6.45, 7) is 6.14. The lowest BCUT2D eigenvalue weighted by molar-refractivity contribution is -0.130. The van der Waals surface area contributed by atoms with Crippen LogP contribution in [0.1, 0.15) is 43.9 Å². The number of rotatable bonds is 6. The van der Waals surface area contributed by atoms with Gasteiger partial charge >= 0.3 is 0 Å². The molecule has 0 saturated carbocycles. The highest BCUT2D eigenvalue weighted by molar-refractivity contribution is 5.76. The molecule has 0 aromatic heterocycles. The van der Waals surface area contributed by atoms with Gasteiger partial charge in [0.15, 0.2) is 0 Å². The van der Waals surface area contributed by atoms with Crippen LogP contribution in [0.15, 0.2) is 18.2 Å². The second kappa shape index (κ2) is 6.84. The molecule has 0 heterocycles. The summed E-state index contributed by atoms with van der Waals surface area (Å²) in [6.07, 6.45) is 2.20. The molecule has 1 aromatic carbocycles. The van der Waals surface area contributed by atoms with Gasteiger partial charge in [0, 0.05) is 32.1 Å². The summed E-state index contributed by atoms with van der Waals surface area (Å²) in [7, 11) is 0. The van der Waals surface area contributed by atoms with Crippen molar-refractivity contribution in [1.82, 2.24) is 10.2 Å². The average Bonchev–Trinajstić information content (AvgIpc) is 2.85. The van der Waals surface area contributed by atoms with Crippen LogP contribution >= 0.6 is 0 Å². The molecule has 110 valence electrons. The molecule has 1 N–H and O–H groups in total. The highest BCUT2D eigenvalue weighted by atomic mass is 19.1. The number of hydrogen-bond acceptors (Lipinski definition) is 2. The SMILES string of the molecule is CCN(CC)C(=O)CCNC1CCc2c(F)cccc21. The van der Waals surface area contributed by atoms with Crippen LogP contribution < -0.4 is 5.32 Å². The Morgan fingerprint density at radius 1 is 1.40 bits per heavy atom. The van der Waals surface area contributed by atoms with Gasteiger partial charge in [-0.15, -0.1) is 0 Å². The zero-order chi connectivity index (χ0) is 14.5. The predicted molar refractivity (Wildman–Crippen MR) is 78.0 cm³/mol. The van der Waals surface area contributed by atoms with Crippen LogP contribution in [0.5, 0.6) is 0 Å². The van der Waals surface area contributed by atoms with Gasteiger partial charge in [0.25, 0.3) is 0 Å². The lowest BCUT2D eigenvalue weighted by atomic mass is 10.1. The Kier molecular flexibility index (Phi) is 5.12. The van der Waals surface area contributed by atoms with Gasteiger partial charge in [-0.3, -0.25) is 4.79 Å². The zero-order valence-electron chi connectivity index (χ0n) is 12.3. The van der Waals surface area contributed by atoms with Gasteiger partial charge in [-0.1, -0.05) is 12.1 Å². The van der Waals surface area contributed by atoms with Crippen molar-refractivity contribution in [3.8, 4) is 0 Å². The first-order valence-corrected chi connectivity index (χ1v) is 7.45. The average molecular weight is 278 g/mol. The Balaban J connectivity index is 1.85. The van der Waals surface area contributed by atoms with E-state index in [4.69, 9.17) is 0 Å². The second-order valence-corrected chi connectivity index (χ2v) is 5.17. The molecule has 0 bridgehead atoms. The van der Waals surface area contributed by atoms with Crippen molar-refractivity contribution in [2.24, 2.45) is 0 Å². The van der Waals surface area contributed by atoms with Crippen LogP contribution in [0.3, 0.4) is 0 Å². The first-order valence-electron chi connectivity index (χ1n) is 7.45. The van der Waals surface area contributed by atoms with Crippen molar-refractivity contribution in [3.05, 3.63) is 35.1 Å². The molecule has 1 aliphatic rings. The van der Waals surface area contributed by atoms with Crippen LogP contribution in [0, 0.1) is 5.82 Å². The molecule has 0 fully saturated rings. The van der Waals surface area contributed by atoms with Gasteiger partial charge in [-0.2, -0.15) is 0 Å². The third kappa shape index (κ3) is 3.18. The number of carbonyl (C=O) groups is 1. The maximum atomic E-state index is 13.6. The standard InChI is InChI=1S/C16H23FN2O/c1-3-19(4-2)16(20)10-11-18-15-9-8-12-13(15)6-5-7-14(12)17/h5-7,15,18H,3-4,8-11H2,1-2H3. The maximum absolute atomic E-state index is 13.6. The Labute approximate surface area is 120 Å². The lowest BCUT2D eigenvalue weighted by Gasteiger charge is -2.20. The molecule has 1 atom stereocenters. The zero-order valence-corrected chi connectivity index (χ0v) is 12.3. The molecule has 0 spiro atoms. The van der Waals surface area contributed by atoms with E-state index in [-0.39, 0.29) is 17.8 Å². The van der Waals surface area contributed by atoms with E-state index in [1.54, 1.807) is 6.07 Å². The third-order valence-electron chi connectivity index (χ3n) is 4.06. The molecule has 1 aliphatic carbocycles. The molecule has 2 rings (SSSR count). The Bertz CT molecular complexity index is 472. The van der Waals surface area contributed by atoms with Gasteiger partial charge in [-0.05, 0) is 43.9 Å². The summed E-state index contributed by atoms with van der Waals surface area (Å²) in [5.41, 5.74) is 1.89. The highest BCUT2D eigenvalue weighted by Crippen LogP contribution is 2.32. The molecular weight excluding hydrogens is 255 g/mol. The number of nitrogens with one attached hydrogen (secondary N) is 1. The van der Waals surface area contributed by atoms with E-state index >= 15 is 0 Å². The van der Waals surface area contributed by atoms with Crippen LogP contribution in [0.4, 0.5) is 4.39 Å². The van der Waals surface area contributed by atoms with Crippen LogP contribution in [0.25, 0.3) is 0 Å². The molecule has 0 saturated heterocycles. The van der Waals surface area contributed by atoms with Gasteiger partial charge in [0.05, 0.1) is 0 Å². The fraction of sp³-hybridized carbons (Fsp3) is 0.562. The molecule has 1 amide bonds. The quantitative estimate of drug-likeness (QED) is 0.867. The minimum absolute atomic E-state index is 0.106. The Hall–Kier alpha value is -1.42. The second-order valence-electron chi connectivity index (χ2n) is 5.17. The molecular formula is C16H23FN2O. The number of nitrogens with zero attached hydrogens (tertiary/aromatic N) is 1. The minimum atomic E-state index is -0.106. The summed E-state index contributed by atoms with van der Waals surface area (Å²) in [5, 5.41) is 3.38. The van der Waals surface area contributed by atoms with Gasteiger partial charge in [0.2, 0.25) is 5.91 Å². The summed E-state index contributed by atoms with van der Waals surface area (Å²) in [6, 6.07) is 5.44. The number of carbonyl (C=O) groups excluding carboxylic acids is 1. The summed E-state index contributed by atoms with van der Waals surface area (Å²) in [5.74, 6) is 0.0750. The summed E-state index contributed by atoms with van der Waals surface area (Å²) in [4.78, 5) is 13.7. The van der Waals surface area contributed by atoms with Crippen molar-refractivity contribution in [2.75, 3.05) is 19.6 Å². The molecule has 0 aliphatic heterocycles. The normalized spacial score (nSPS) is 17.1. The monoisotopic (exact) mass is 278 g/mol. The van der Waals surface area contributed by atoms with E-state index in [1.807, 2.05) is 24.8 Å². The maximum Gasteiger partial charge on any atom is 0.223 e. The van der Waals surface area contributed by atoms with E-state index in [1.165, 1.54) is 6.07 Å². The Morgan fingerprint density at radius 3 is 2.85 bits per heavy atom. The number of benzene rings is 1. The number of hydrogen-bond donors (Lipinski definition) is 1. The van der Waals surface area contributed by atoms with E-state index in [2.05, 4.69) is 5.32 Å². The van der Waals surface area contributed by atoms with E-state index in [0.29, 0.717) is 13.0 Å². The summed E-state index contributed by atoms with van der Waals surface area (Å²) < 4.78 is 13.6. The van der Waals surface area contributed by atoms with E-state index in [9.17, 15) is 9.18 Å². The smallest absolute Gasteiger partial charge is 0.223 e. The molecule has 1 unspecified atom stereocenters. The van der Waals surface area contributed by atoms with Gasteiger partial charge < -0.3 is 10.2 Å². The molecule has 4 heteroatoms. The predicted octanol–water partition coefficient (Wildman–Crippen LogP) is 2.66. The topological polar surface area (TPSA) is 32.3 Å². The van der Waals surface area contributed by atoms with Crippen molar-refractivity contribution < 1.29 is 9.18 Å². The third-order valence-corrected chi connectivity index (χ3v) is 4.06. The number of halogens is 1. The number of fused-ring (bicyclic) bond motifs is 1. The lowest BCUT2D eigenvalue weighted by Crippen LogP contribution is -2.33. The molecule has 0 radical (unpaired) electrons. The molecule has 3 nitrogen and oxygen atoms in total. The Morgan fingerprint density at radius 2 is 2.15 bits per heavy atom. The van der Waals surface area contributed by atoms with Gasteiger partial charge in [0.1, 0.15) is 5.82 Å². The van der Waals surface area contributed by atoms with Crippen LogP contribution in [0.2, 0.25) is 0 Å². The molecule has 1 aromatic rings. The van der Waals surface area contributed by atoms with Crippen molar-refractivity contribution >= 4 is 5.91 Å². The minimum Gasteiger partial charge on any atom is -0.343 e. The summed E-state index contributed by atoms with van der Waals surface area (Å²) >= 11 is 0. The van der Waals surface area contributed by atoms with E-state index < -0.39 is 0 Å². The van der Waals surface area contributed by atoms with Crippen molar-refractivity contribution in [2.45, 2.75) is 39.2 Å². The van der Waals surface area contributed by atoms with Crippen molar-refractivity contribution in [1.29, 1.82) is 0 Å². The van der Waals surface area contributed by atoms with Gasteiger partial charge in [-0.25, -0.2) is 4.39 Å². The first kappa shape index (κ1) is 15.0. The fourth-order valence-electron chi connectivity index (χ4n) is 2.91. The number of amides is 1. The van der Waals surface area contributed by atoms with Crippen LogP contribution in [-0.2, 0) is 11.2 Å². The highest BCUT2D eigenvalue weighted by Gasteiger charge is 2.24. The van der Waals surface area contributed by atoms with Crippen LogP contribution in [-0.4, -0.2) is 30.4 Å². The largest absolute Gasteiger partial charge is 0.343 e. The van der Waals surface area contributed by atoms with Crippen molar-refractivity contribution in [3.63, 3.8) is 0 Å². The fourth-order valence-corrected chi connectivity index (χ4v) is 2.91. The first-order chi connectivity index (χ1) is 9.67. The van der Waals surface area contributed by atoms with E-state index in [0.717, 1.165) is 37.1 Å².